The number of carboxylic acid groups (broad SMARTS) is 1. The molecule has 0 radical (unpaired) electrons. The van der Waals surface area contributed by atoms with Gasteiger partial charge in [-0.2, -0.15) is 0 Å². The highest BCUT2D eigenvalue weighted by atomic mass is 32.2. The summed E-state index contributed by atoms with van der Waals surface area (Å²) in [6, 6.07) is -1.23. The Morgan fingerprint density at radius 3 is 2.48 bits per heavy atom. The molecule has 1 saturated heterocycles. The molecule has 3 amide bonds. The predicted molar refractivity (Wildman–Crippen MR) is 81.1 cm³/mol. The second kappa shape index (κ2) is 8.11. The SMILES string of the molecule is CCN(CC)C(=O)CCNC(=O)N1C(C)SCC1C(=O)O. The zero-order chi connectivity index (χ0) is 16.0. The van der Waals surface area contributed by atoms with Crippen LogP contribution in [0.15, 0.2) is 0 Å². The molecule has 1 rings (SSSR count). The first-order valence-corrected chi connectivity index (χ1v) is 8.15. The third-order valence-corrected chi connectivity index (χ3v) is 4.69. The van der Waals surface area contributed by atoms with E-state index in [2.05, 4.69) is 5.32 Å². The summed E-state index contributed by atoms with van der Waals surface area (Å²) in [5, 5.41) is 11.6. The summed E-state index contributed by atoms with van der Waals surface area (Å²) in [6.07, 6.45) is 0.223. The van der Waals surface area contributed by atoms with Gasteiger partial charge >= 0.3 is 12.0 Å². The Morgan fingerprint density at radius 1 is 1.33 bits per heavy atom. The van der Waals surface area contributed by atoms with Crippen LogP contribution in [0.1, 0.15) is 27.2 Å². The number of nitrogens with one attached hydrogen (secondary N) is 1. The Kier molecular flexibility index (Phi) is 6.80. The van der Waals surface area contributed by atoms with Crippen LogP contribution in [-0.2, 0) is 9.59 Å². The van der Waals surface area contributed by atoms with E-state index in [1.54, 1.807) is 11.8 Å². The number of aliphatic carboxylic acids is 1. The van der Waals surface area contributed by atoms with Crippen LogP contribution in [0.4, 0.5) is 4.79 Å². The van der Waals surface area contributed by atoms with Gasteiger partial charge in [0.2, 0.25) is 5.91 Å². The van der Waals surface area contributed by atoms with Gasteiger partial charge in [-0.1, -0.05) is 0 Å². The van der Waals surface area contributed by atoms with E-state index in [1.165, 1.54) is 16.7 Å². The fourth-order valence-corrected chi connectivity index (χ4v) is 3.41. The molecule has 8 heteroatoms. The molecule has 120 valence electrons. The lowest BCUT2D eigenvalue weighted by Crippen LogP contribution is -2.50. The molecule has 2 unspecified atom stereocenters. The molecular weight excluding hydrogens is 294 g/mol. The molecule has 0 aliphatic carbocycles. The number of amides is 3. The Hall–Kier alpha value is -1.44. The van der Waals surface area contributed by atoms with Gasteiger partial charge in [0.25, 0.3) is 0 Å². The van der Waals surface area contributed by atoms with Crippen molar-refractivity contribution < 1.29 is 19.5 Å². The van der Waals surface area contributed by atoms with Crippen LogP contribution in [-0.4, -0.2) is 69.6 Å². The highest BCUT2D eigenvalue weighted by Crippen LogP contribution is 2.28. The van der Waals surface area contributed by atoms with Crippen molar-refractivity contribution in [3.63, 3.8) is 0 Å². The van der Waals surface area contributed by atoms with Crippen molar-refractivity contribution >= 4 is 29.7 Å². The molecule has 1 aliphatic rings. The van der Waals surface area contributed by atoms with E-state index < -0.39 is 18.0 Å². The standard InChI is InChI=1S/C13H23N3O4S/c1-4-15(5-2)11(17)6-7-14-13(20)16-9(3)21-8-10(16)12(18)19/h9-10H,4-8H2,1-3H3,(H,14,20)(H,18,19). The number of hydrogen-bond donors (Lipinski definition) is 2. The number of carboxylic acids is 1. The van der Waals surface area contributed by atoms with Gasteiger partial charge in [-0.15, -0.1) is 11.8 Å². The normalized spacial score (nSPS) is 21.2. The topological polar surface area (TPSA) is 90.0 Å². The van der Waals surface area contributed by atoms with Crippen LogP contribution >= 0.6 is 11.8 Å². The van der Waals surface area contributed by atoms with Crippen molar-refractivity contribution in [2.75, 3.05) is 25.4 Å². The summed E-state index contributed by atoms with van der Waals surface area (Å²) in [5.41, 5.74) is 0. The van der Waals surface area contributed by atoms with Crippen LogP contribution in [0.2, 0.25) is 0 Å². The summed E-state index contributed by atoms with van der Waals surface area (Å²) in [4.78, 5) is 38.0. The number of thioether (sulfide) groups is 1. The maximum absolute atomic E-state index is 12.1. The highest BCUT2D eigenvalue weighted by molar-refractivity contribution is 8.00. The Balaban J connectivity index is 2.46. The lowest BCUT2D eigenvalue weighted by atomic mass is 10.3. The second-order valence-corrected chi connectivity index (χ2v) is 6.09. The van der Waals surface area contributed by atoms with E-state index >= 15 is 0 Å². The van der Waals surface area contributed by atoms with Gasteiger partial charge in [-0.3, -0.25) is 9.69 Å². The molecule has 7 nitrogen and oxygen atoms in total. The molecule has 1 aliphatic heterocycles. The van der Waals surface area contributed by atoms with E-state index in [1.807, 2.05) is 13.8 Å². The third-order valence-electron chi connectivity index (χ3n) is 3.47. The van der Waals surface area contributed by atoms with Crippen molar-refractivity contribution in [2.24, 2.45) is 0 Å². The summed E-state index contributed by atoms with van der Waals surface area (Å²) >= 11 is 1.43. The first-order chi connectivity index (χ1) is 9.92. The molecule has 0 bridgehead atoms. The third kappa shape index (κ3) is 4.52. The van der Waals surface area contributed by atoms with Crippen molar-refractivity contribution in [2.45, 2.75) is 38.6 Å². The van der Waals surface area contributed by atoms with Crippen molar-refractivity contribution in [1.82, 2.24) is 15.1 Å². The van der Waals surface area contributed by atoms with Crippen LogP contribution in [0.5, 0.6) is 0 Å². The predicted octanol–water partition coefficient (Wildman–Crippen LogP) is 0.803. The van der Waals surface area contributed by atoms with Gasteiger partial charge in [0.1, 0.15) is 6.04 Å². The Morgan fingerprint density at radius 2 is 1.95 bits per heavy atom. The average molecular weight is 317 g/mol. The van der Waals surface area contributed by atoms with E-state index in [0.717, 1.165) is 0 Å². The first-order valence-electron chi connectivity index (χ1n) is 7.10. The largest absolute Gasteiger partial charge is 0.480 e. The van der Waals surface area contributed by atoms with Crippen molar-refractivity contribution in [3.8, 4) is 0 Å². The molecule has 21 heavy (non-hydrogen) atoms. The van der Waals surface area contributed by atoms with Crippen LogP contribution in [0.3, 0.4) is 0 Å². The van der Waals surface area contributed by atoms with Gasteiger partial charge in [0, 0.05) is 31.8 Å². The lowest BCUT2D eigenvalue weighted by molar-refractivity contribution is -0.141. The van der Waals surface area contributed by atoms with E-state index in [4.69, 9.17) is 5.11 Å². The molecule has 2 N–H and O–H groups in total. The molecule has 1 fully saturated rings. The number of urea groups is 1. The molecule has 0 aromatic rings. The molecule has 0 aromatic heterocycles. The fourth-order valence-electron chi connectivity index (χ4n) is 2.24. The van der Waals surface area contributed by atoms with E-state index in [0.29, 0.717) is 18.8 Å². The minimum absolute atomic E-state index is 0.0149. The molecule has 0 aromatic carbocycles. The Bertz CT molecular complexity index is 401. The number of nitrogens with zero attached hydrogens (tertiary/aromatic N) is 2. The molecule has 0 spiro atoms. The molecule has 2 atom stereocenters. The quantitative estimate of drug-likeness (QED) is 0.756. The number of rotatable bonds is 6. The first kappa shape index (κ1) is 17.6. The zero-order valence-corrected chi connectivity index (χ0v) is 13.5. The monoisotopic (exact) mass is 317 g/mol. The van der Waals surface area contributed by atoms with Gasteiger partial charge in [-0.25, -0.2) is 9.59 Å². The van der Waals surface area contributed by atoms with Gasteiger partial charge < -0.3 is 15.3 Å². The lowest BCUT2D eigenvalue weighted by Gasteiger charge is -2.25. The van der Waals surface area contributed by atoms with Crippen molar-refractivity contribution in [1.29, 1.82) is 0 Å². The van der Waals surface area contributed by atoms with Gasteiger partial charge in [0.15, 0.2) is 0 Å². The maximum Gasteiger partial charge on any atom is 0.327 e. The minimum Gasteiger partial charge on any atom is -0.480 e. The number of carbonyl (C=O) groups excluding carboxylic acids is 2. The van der Waals surface area contributed by atoms with E-state index in [9.17, 15) is 14.4 Å². The minimum atomic E-state index is -0.999. The van der Waals surface area contributed by atoms with Crippen LogP contribution < -0.4 is 5.32 Å². The van der Waals surface area contributed by atoms with Gasteiger partial charge in [-0.05, 0) is 20.8 Å². The number of carbonyl (C=O) groups is 3. The highest BCUT2D eigenvalue weighted by Gasteiger charge is 2.39. The maximum atomic E-state index is 12.1. The van der Waals surface area contributed by atoms with Crippen LogP contribution in [0.25, 0.3) is 0 Å². The molecule has 0 saturated carbocycles. The molecule has 1 heterocycles. The Labute approximate surface area is 129 Å². The summed E-state index contributed by atoms with van der Waals surface area (Å²) in [5.74, 6) is -0.623. The van der Waals surface area contributed by atoms with Crippen molar-refractivity contribution in [3.05, 3.63) is 0 Å². The second-order valence-electron chi connectivity index (χ2n) is 4.74. The van der Waals surface area contributed by atoms with E-state index in [-0.39, 0.29) is 24.2 Å². The molecular formula is C13H23N3O4S. The average Bonchev–Trinajstić information content (AvgIpc) is 2.82. The van der Waals surface area contributed by atoms with Crippen LogP contribution in [0, 0.1) is 0 Å². The number of hydrogen-bond acceptors (Lipinski definition) is 4. The zero-order valence-electron chi connectivity index (χ0n) is 12.7. The summed E-state index contributed by atoms with van der Waals surface area (Å²) in [7, 11) is 0. The summed E-state index contributed by atoms with van der Waals surface area (Å²) < 4.78 is 0. The van der Waals surface area contributed by atoms with Gasteiger partial charge in [0.05, 0.1) is 5.37 Å². The fraction of sp³-hybridized carbons (Fsp3) is 0.769. The summed E-state index contributed by atoms with van der Waals surface area (Å²) in [6.45, 7) is 7.11. The smallest absolute Gasteiger partial charge is 0.327 e.